The van der Waals surface area contributed by atoms with E-state index in [0.29, 0.717) is 6.61 Å². The van der Waals surface area contributed by atoms with Crippen LogP contribution < -0.4 is 4.74 Å². The number of aryl methyl sites for hydroxylation is 1. The van der Waals surface area contributed by atoms with Crippen molar-refractivity contribution in [1.82, 2.24) is 25.2 Å². The summed E-state index contributed by atoms with van der Waals surface area (Å²) >= 11 is 0. The van der Waals surface area contributed by atoms with Crippen LogP contribution in [0.1, 0.15) is 19.8 Å². The molecular weight excluding hydrogens is 294 g/mol. The van der Waals surface area contributed by atoms with Crippen molar-refractivity contribution < 1.29 is 9.47 Å². The maximum atomic E-state index is 5.95. The summed E-state index contributed by atoms with van der Waals surface area (Å²) in [5, 5.41) is 17.3. The van der Waals surface area contributed by atoms with Crippen LogP contribution in [0.5, 0.6) is 5.75 Å². The molecule has 0 radical (unpaired) electrons. The highest BCUT2D eigenvalue weighted by Crippen LogP contribution is 2.28. The SMILES string of the molecule is C[C@@H]1COCCCCn2ncc(n2)-c2n[nH]c3ccc(cc23)O1. The number of fused-ring (bicyclic) bond motifs is 4. The van der Waals surface area contributed by atoms with Gasteiger partial charge in [-0.15, -0.1) is 0 Å². The van der Waals surface area contributed by atoms with Gasteiger partial charge < -0.3 is 9.47 Å². The molecular formula is C16H19N5O2. The molecule has 1 aromatic carbocycles. The largest absolute Gasteiger partial charge is 0.488 e. The Kier molecular flexibility index (Phi) is 3.70. The summed E-state index contributed by atoms with van der Waals surface area (Å²) in [7, 11) is 0. The predicted octanol–water partition coefficient (Wildman–Crippen LogP) is 2.40. The molecule has 7 nitrogen and oxygen atoms in total. The minimum atomic E-state index is 0.00651. The van der Waals surface area contributed by atoms with Gasteiger partial charge in [0.2, 0.25) is 0 Å². The molecule has 1 aliphatic heterocycles. The van der Waals surface area contributed by atoms with Gasteiger partial charge in [-0.1, -0.05) is 0 Å². The fraction of sp³-hybridized carbons (Fsp3) is 0.438. The molecule has 120 valence electrons. The van der Waals surface area contributed by atoms with E-state index >= 15 is 0 Å². The normalized spacial score (nSPS) is 19.3. The molecule has 4 rings (SSSR count). The van der Waals surface area contributed by atoms with Crippen LogP contribution in [0.2, 0.25) is 0 Å². The highest BCUT2D eigenvalue weighted by Gasteiger charge is 2.14. The molecule has 2 aromatic heterocycles. The fourth-order valence-corrected chi connectivity index (χ4v) is 2.75. The molecule has 4 bridgehead atoms. The van der Waals surface area contributed by atoms with Gasteiger partial charge in [-0.2, -0.15) is 20.1 Å². The van der Waals surface area contributed by atoms with Crippen LogP contribution in [0.4, 0.5) is 0 Å². The Bertz CT molecular complexity index is 810. The first-order valence-electron chi connectivity index (χ1n) is 7.92. The molecule has 0 unspecified atom stereocenters. The van der Waals surface area contributed by atoms with Gasteiger partial charge in [0.15, 0.2) is 0 Å². The zero-order valence-electron chi connectivity index (χ0n) is 13.0. The van der Waals surface area contributed by atoms with Crippen LogP contribution in [0, 0.1) is 0 Å². The second-order valence-electron chi connectivity index (χ2n) is 5.82. The third kappa shape index (κ3) is 2.92. The number of ether oxygens (including phenoxy) is 2. The van der Waals surface area contributed by atoms with Gasteiger partial charge in [-0.05, 0) is 38.0 Å². The van der Waals surface area contributed by atoms with E-state index in [0.717, 1.165) is 54.0 Å². The van der Waals surface area contributed by atoms with Crippen molar-refractivity contribution in [2.45, 2.75) is 32.4 Å². The number of aromatic amines is 1. The molecule has 0 fully saturated rings. The third-order valence-corrected chi connectivity index (χ3v) is 3.90. The van der Waals surface area contributed by atoms with Crippen LogP contribution in [0.3, 0.4) is 0 Å². The summed E-state index contributed by atoms with van der Waals surface area (Å²) < 4.78 is 11.6. The van der Waals surface area contributed by atoms with Crippen molar-refractivity contribution in [3.05, 3.63) is 24.4 Å². The summed E-state index contributed by atoms with van der Waals surface area (Å²) in [6.07, 6.45) is 3.72. The molecule has 7 heteroatoms. The Labute approximate surface area is 133 Å². The molecule has 0 amide bonds. The molecule has 3 aromatic rings. The maximum absolute atomic E-state index is 5.95. The maximum Gasteiger partial charge on any atom is 0.133 e. The van der Waals surface area contributed by atoms with E-state index in [2.05, 4.69) is 20.4 Å². The van der Waals surface area contributed by atoms with Gasteiger partial charge in [0.05, 0.1) is 24.9 Å². The standard InChI is InChI=1S/C16H19N5O2/c1-11-10-22-7-3-2-6-21-17-9-15(20-21)16-13-8-12(23-11)4-5-14(13)18-19-16/h4-5,8-9,11H,2-3,6-7,10H2,1H3,(H,18,19)/t11-/m1/s1. The summed E-state index contributed by atoms with van der Waals surface area (Å²) in [6, 6.07) is 5.90. The Morgan fingerprint density at radius 2 is 2.26 bits per heavy atom. The second kappa shape index (κ2) is 6.00. The smallest absolute Gasteiger partial charge is 0.133 e. The number of benzene rings is 1. The van der Waals surface area contributed by atoms with Gasteiger partial charge in [-0.3, -0.25) is 5.10 Å². The van der Waals surface area contributed by atoms with Crippen molar-refractivity contribution in [1.29, 1.82) is 0 Å². The zero-order chi connectivity index (χ0) is 15.6. The van der Waals surface area contributed by atoms with Crippen LogP contribution in [-0.4, -0.2) is 44.5 Å². The van der Waals surface area contributed by atoms with E-state index in [-0.39, 0.29) is 6.10 Å². The third-order valence-electron chi connectivity index (χ3n) is 3.90. The Hall–Kier alpha value is -2.41. The first-order valence-corrected chi connectivity index (χ1v) is 7.92. The number of hydrogen-bond acceptors (Lipinski definition) is 5. The molecule has 0 saturated heterocycles. The van der Waals surface area contributed by atoms with E-state index in [1.54, 1.807) is 11.0 Å². The first kappa shape index (κ1) is 14.2. The van der Waals surface area contributed by atoms with Crippen LogP contribution in [-0.2, 0) is 11.3 Å². The summed E-state index contributed by atoms with van der Waals surface area (Å²) in [5.41, 5.74) is 2.53. The lowest BCUT2D eigenvalue weighted by Crippen LogP contribution is -2.19. The van der Waals surface area contributed by atoms with E-state index < -0.39 is 0 Å². The lowest BCUT2D eigenvalue weighted by molar-refractivity contribution is 0.0563. The molecule has 0 saturated carbocycles. The Morgan fingerprint density at radius 3 is 3.22 bits per heavy atom. The molecule has 1 aliphatic rings. The summed E-state index contributed by atoms with van der Waals surface area (Å²) in [6.45, 7) is 4.11. The van der Waals surface area contributed by atoms with Crippen molar-refractivity contribution in [3.63, 3.8) is 0 Å². The van der Waals surface area contributed by atoms with Gasteiger partial charge in [0.25, 0.3) is 0 Å². The number of nitrogens with zero attached hydrogens (tertiary/aromatic N) is 4. The van der Waals surface area contributed by atoms with Crippen molar-refractivity contribution >= 4 is 10.9 Å². The van der Waals surface area contributed by atoms with Crippen molar-refractivity contribution in [2.24, 2.45) is 0 Å². The summed E-state index contributed by atoms with van der Waals surface area (Å²) in [4.78, 5) is 1.72. The lowest BCUT2D eigenvalue weighted by Gasteiger charge is -2.15. The van der Waals surface area contributed by atoms with Gasteiger partial charge >= 0.3 is 0 Å². The van der Waals surface area contributed by atoms with E-state index in [1.165, 1.54) is 0 Å². The molecule has 1 atom stereocenters. The number of rotatable bonds is 0. The van der Waals surface area contributed by atoms with Gasteiger partial charge in [0, 0.05) is 12.0 Å². The Morgan fingerprint density at radius 1 is 1.30 bits per heavy atom. The summed E-state index contributed by atoms with van der Waals surface area (Å²) in [5.74, 6) is 0.804. The quantitative estimate of drug-likeness (QED) is 0.689. The van der Waals surface area contributed by atoms with E-state index in [9.17, 15) is 0 Å². The Balaban J connectivity index is 1.76. The van der Waals surface area contributed by atoms with Gasteiger partial charge in [-0.25, -0.2) is 0 Å². The van der Waals surface area contributed by atoms with Crippen LogP contribution in [0.15, 0.2) is 24.4 Å². The topological polar surface area (TPSA) is 77.9 Å². The van der Waals surface area contributed by atoms with Crippen molar-refractivity contribution in [2.75, 3.05) is 13.2 Å². The minimum Gasteiger partial charge on any atom is -0.488 e. The number of hydrogen-bond donors (Lipinski definition) is 1. The molecule has 23 heavy (non-hydrogen) atoms. The molecule has 0 spiro atoms. The average Bonchev–Trinajstić information content (AvgIpc) is 3.16. The first-order chi connectivity index (χ1) is 11.3. The van der Waals surface area contributed by atoms with E-state index in [4.69, 9.17) is 9.47 Å². The van der Waals surface area contributed by atoms with Crippen molar-refractivity contribution in [3.8, 4) is 17.1 Å². The molecule has 1 N–H and O–H groups in total. The average molecular weight is 313 g/mol. The van der Waals surface area contributed by atoms with Crippen LogP contribution in [0.25, 0.3) is 22.3 Å². The number of aromatic nitrogens is 5. The lowest BCUT2D eigenvalue weighted by atomic mass is 10.1. The monoisotopic (exact) mass is 313 g/mol. The van der Waals surface area contributed by atoms with Crippen LogP contribution >= 0.6 is 0 Å². The predicted molar refractivity (Wildman–Crippen MR) is 85.3 cm³/mol. The zero-order valence-corrected chi connectivity index (χ0v) is 13.0. The van der Waals surface area contributed by atoms with Gasteiger partial charge in [0.1, 0.15) is 23.2 Å². The second-order valence-corrected chi connectivity index (χ2v) is 5.82. The minimum absolute atomic E-state index is 0.00651. The molecule has 3 heterocycles. The fourth-order valence-electron chi connectivity index (χ4n) is 2.75. The highest BCUT2D eigenvalue weighted by atomic mass is 16.5. The molecule has 0 aliphatic carbocycles. The number of nitrogens with one attached hydrogen (secondary N) is 1. The highest BCUT2D eigenvalue weighted by molar-refractivity contribution is 5.92. The van der Waals surface area contributed by atoms with E-state index in [1.807, 2.05) is 25.1 Å². The number of H-pyrrole nitrogens is 1.